The van der Waals surface area contributed by atoms with Gasteiger partial charge in [-0.2, -0.15) is 5.10 Å². The molecule has 0 bridgehead atoms. The molecule has 0 radical (unpaired) electrons. The first kappa shape index (κ1) is 12.8. The van der Waals surface area contributed by atoms with Gasteiger partial charge in [-0.3, -0.25) is 4.79 Å². The first-order valence-corrected chi connectivity index (χ1v) is 6.79. The van der Waals surface area contributed by atoms with Crippen LogP contribution in [0.5, 0.6) is 0 Å². The van der Waals surface area contributed by atoms with Crippen molar-refractivity contribution >= 4 is 17.5 Å². The summed E-state index contributed by atoms with van der Waals surface area (Å²) in [4.78, 5) is 16.6. The van der Waals surface area contributed by atoms with E-state index in [2.05, 4.69) is 10.1 Å². The summed E-state index contributed by atoms with van der Waals surface area (Å²) in [6.45, 7) is 4.44. The van der Waals surface area contributed by atoms with Crippen molar-refractivity contribution in [3.63, 3.8) is 0 Å². The molecule has 94 valence electrons. The minimum Gasteiger partial charge on any atom is -0.295 e. The van der Waals surface area contributed by atoms with Gasteiger partial charge in [0.1, 0.15) is 12.2 Å². The van der Waals surface area contributed by atoms with Crippen LogP contribution in [0, 0.1) is 0 Å². The van der Waals surface area contributed by atoms with E-state index < -0.39 is 0 Å². The van der Waals surface area contributed by atoms with Gasteiger partial charge in [-0.05, 0) is 26.0 Å². The highest BCUT2D eigenvalue weighted by molar-refractivity contribution is 7.98. The van der Waals surface area contributed by atoms with Gasteiger partial charge < -0.3 is 0 Å². The molecule has 0 unspecified atom stereocenters. The number of aryl methyl sites for hydroxylation is 1. The first-order chi connectivity index (χ1) is 8.70. The zero-order valence-corrected chi connectivity index (χ0v) is 11.3. The quantitative estimate of drug-likeness (QED) is 0.613. The number of thioether (sulfide) groups is 1. The minimum atomic E-state index is 0.0918. The normalized spacial score (nSPS) is 10.6. The monoisotopic (exact) mass is 261 g/mol. The van der Waals surface area contributed by atoms with E-state index in [9.17, 15) is 4.79 Å². The summed E-state index contributed by atoms with van der Waals surface area (Å²) in [7, 11) is 0. The number of carbonyl (C=O) groups is 1. The highest BCUT2D eigenvalue weighted by Crippen LogP contribution is 2.22. The predicted octanol–water partition coefficient (Wildman–Crippen LogP) is 2.79. The highest BCUT2D eigenvalue weighted by Gasteiger charge is 2.05. The van der Waals surface area contributed by atoms with Crippen molar-refractivity contribution in [2.45, 2.75) is 31.0 Å². The molecule has 2 aromatic rings. The summed E-state index contributed by atoms with van der Waals surface area (Å²) < 4.78 is 1.88. The fraction of sp³-hybridized carbons (Fsp3) is 0.308. The third kappa shape index (κ3) is 2.98. The first-order valence-electron chi connectivity index (χ1n) is 5.81. The van der Waals surface area contributed by atoms with Gasteiger partial charge in [0, 0.05) is 17.0 Å². The van der Waals surface area contributed by atoms with Crippen LogP contribution in [-0.2, 0) is 12.3 Å². The molecule has 0 aliphatic rings. The molecule has 0 aliphatic heterocycles. The molecular weight excluding hydrogens is 246 g/mol. The van der Waals surface area contributed by atoms with Crippen LogP contribution in [0.15, 0.2) is 35.5 Å². The molecule has 1 aromatic carbocycles. The molecule has 1 heterocycles. The maximum Gasteiger partial charge on any atom is 0.159 e. The Labute approximate surface area is 110 Å². The van der Waals surface area contributed by atoms with Crippen LogP contribution in [-0.4, -0.2) is 20.5 Å². The van der Waals surface area contributed by atoms with Crippen molar-refractivity contribution in [3.05, 3.63) is 42.0 Å². The molecule has 0 N–H and O–H groups in total. The lowest BCUT2D eigenvalue weighted by Crippen LogP contribution is -2.02. The Balaban J connectivity index is 2.06. The fourth-order valence-electron chi connectivity index (χ4n) is 1.62. The number of ketones is 1. The SMILES string of the molecule is CCn1ncnc1CSc1cccc(C(C)=O)c1. The molecule has 0 atom stereocenters. The Morgan fingerprint density at radius 2 is 2.28 bits per heavy atom. The fourth-order valence-corrected chi connectivity index (χ4v) is 2.52. The lowest BCUT2D eigenvalue weighted by atomic mass is 10.2. The molecule has 0 fully saturated rings. The van der Waals surface area contributed by atoms with Gasteiger partial charge in [0.05, 0.1) is 5.75 Å². The molecule has 18 heavy (non-hydrogen) atoms. The van der Waals surface area contributed by atoms with Crippen molar-refractivity contribution in [1.29, 1.82) is 0 Å². The van der Waals surface area contributed by atoms with E-state index in [1.165, 1.54) is 0 Å². The van der Waals surface area contributed by atoms with Crippen LogP contribution < -0.4 is 0 Å². The van der Waals surface area contributed by atoms with Gasteiger partial charge in [-0.15, -0.1) is 11.8 Å². The third-order valence-corrected chi connectivity index (χ3v) is 3.59. The number of Topliss-reactive ketones (excluding diaryl/α,β-unsaturated/α-hetero) is 1. The van der Waals surface area contributed by atoms with Crippen molar-refractivity contribution in [1.82, 2.24) is 14.8 Å². The van der Waals surface area contributed by atoms with Gasteiger partial charge in [0.15, 0.2) is 5.78 Å². The topological polar surface area (TPSA) is 47.8 Å². The number of hydrogen-bond donors (Lipinski definition) is 0. The molecule has 4 nitrogen and oxygen atoms in total. The zero-order chi connectivity index (χ0) is 13.0. The Bertz CT molecular complexity index is 551. The second-order valence-corrected chi connectivity index (χ2v) is 4.91. The van der Waals surface area contributed by atoms with Crippen LogP contribution in [0.25, 0.3) is 0 Å². The molecule has 0 saturated carbocycles. The zero-order valence-electron chi connectivity index (χ0n) is 10.5. The summed E-state index contributed by atoms with van der Waals surface area (Å²) in [6, 6.07) is 7.66. The van der Waals surface area contributed by atoms with Crippen molar-refractivity contribution in [2.24, 2.45) is 0 Å². The van der Waals surface area contributed by atoms with E-state index in [4.69, 9.17) is 0 Å². The van der Waals surface area contributed by atoms with Gasteiger partial charge >= 0.3 is 0 Å². The van der Waals surface area contributed by atoms with Gasteiger partial charge in [-0.25, -0.2) is 9.67 Å². The van der Waals surface area contributed by atoms with Crippen molar-refractivity contribution < 1.29 is 4.79 Å². The maximum absolute atomic E-state index is 11.3. The van der Waals surface area contributed by atoms with E-state index in [0.717, 1.165) is 28.6 Å². The summed E-state index contributed by atoms with van der Waals surface area (Å²) in [5.74, 6) is 1.81. The largest absolute Gasteiger partial charge is 0.295 e. The van der Waals surface area contributed by atoms with Gasteiger partial charge in [0.2, 0.25) is 0 Å². The Morgan fingerprint density at radius 3 is 3.00 bits per heavy atom. The molecule has 0 spiro atoms. The highest BCUT2D eigenvalue weighted by atomic mass is 32.2. The second-order valence-electron chi connectivity index (χ2n) is 3.86. The number of nitrogens with zero attached hydrogens (tertiary/aromatic N) is 3. The number of rotatable bonds is 5. The molecule has 0 amide bonds. The Morgan fingerprint density at radius 1 is 1.44 bits per heavy atom. The molecule has 0 saturated heterocycles. The van der Waals surface area contributed by atoms with Crippen LogP contribution in [0.3, 0.4) is 0 Å². The minimum absolute atomic E-state index is 0.0918. The third-order valence-electron chi connectivity index (χ3n) is 2.60. The summed E-state index contributed by atoms with van der Waals surface area (Å²) in [5.41, 5.74) is 0.747. The van der Waals surface area contributed by atoms with Crippen LogP contribution in [0.4, 0.5) is 0 Å². The smallest absolute Gasteiger partial charge is 0.159 e. The second kappa shape index (κ2) is 5.82. The van der Waals surface area contributed by atoms with E-state index in [1.54, 1.807) is 25.0 Å². The standard InChI is InChI=1S/C13H15N3OS/c1-3-16-13(14-9-15-16)8-18-12-6-4-5-11(7-12)10(2)17/h4-7,9H,3,8H2,1-2H3. The van der Waals surface area contributed by atoms with Gasteiger partial charge in [-0.1, -0.05) is 12.1 Å². The number of benzene rings is 1. The summed E-state index contributed by atoms with van der Waals surface area (Å²) in [5, 5.41) is 4.13. The number of hydrogen-bond acceptors (Lipinski definition) is 4. The molecule has 0 aliphatic carbocycles. The van der Waals surface area contributed by atoms with Crippen LogP contribution >= 0.6 is 11.8 Å². The van der Waals surface area contributed by atoms with Gasteiger partial charge in [0.25, 0.3) is 0 Å². The van der Waals surface area contributed by atoms with E-state index in [0.29, 0.717) is 0 Å². The predicted molar refractivity (Wildman–Crippen MR) is 71.7 cm³/mol. The lowest BCUT2D eigenvalue weighted by molar-refractivity contribution is 0.101. The Hall–Kier alpha value is -1.62. The number of aromatic nitrogens is 3. The van der Waals surface area contributed by atoms with Crippen LogP contribution in [0.1, 0.15) is 30.0 Å². The summed E-state index contributed by atoms with van der Waals surface area (Å²) in [6.07, 6.45) is 1.57. The van der Waals surface area contributed by atoms with Crippen molar-refractivity contribution in [3.8, 4) is 0 Å². The molecule has 2 rings (SSSR count). The Kier molecular flexibility index (Phi) is 4.15. The maximum atomic E-state index is 11.3. The van der Waals surface area contributed by atoms with E-state index in [1.807, 2.05) is 35.9 Å². The lowest BCUT2D eigenvalue weighted by Gasteiger charge is -2.04. The number of carbonyl (C=O) groups excluding carboxylic acids is 1. The average molecular weight is 261 g/mol. The average Bonchev–Trinajstić information content (AvgIpc) is 2.84. The van der Waals surface area contributed by atoms with Crippen molar-refractivity contribution in [2.75, 3.05) is 0 Å². The van der Waals surface area contributed by atoms with E-state index >= 15 is 0 Å². The summed E-state index contributed by atoms with van der Waals surface area (Å²) >= 11 is 1.66. The van der Waals surface area contributed by atoms with E-state index in [-0.39, 0.29) is 5.78 Å². The molecular formula is C13H15N3OS. The molecule has 1 aromatic heterocycles. The molecule has 5 heteroatoms. The van der Waals surface area contributed by atoms with Crippen LogP contribution in [0.2, 0.25) is 0 Å².